The molecule has 0 saturated carbocycles. The average molecular weight is 368 g/mol. The van der Waals surface area contributed by atoms with Gasteiger partial charge in [-0.15, -0.1) is 0 Å². The number of piperidine rings is 1. The first-order valence-corrected chi connectivity index (χ1v) is 7.65. The van der Waals surface area contributed by atoms with Crippen molar-refractivity contribution in [3.8, 4) is 11.5 Å². The molecule has 1 aliphatic rings. The van der Waals surface area contributed by atoms with Crippen molar-refractivity contribution in [2.45, 2.75) is 18.9 Å². The van der Waals surface area contributed by atoms with E-state index in [0.29, 0.717) is 16.3 Å². The van der Waals surface area contributed by atoms with Crippen molar-refractivity contribution in [1.82, 2.24) is 20.1 Å². The Kier molecular flexibility index (Phi) is 4.34. The van der Waals surface area contributed by atoms with Gasteiger partial charge in [-0.1, -0.05) is 0 Å². The summed E-state index contributed by atoms with van der Waals surface area (Å²) in [6.07, 6.45) is 6.69. The maximum absolute atomic E-state index is 11.0. The summed E-state index contributed by atoms with van der Waals surface area (Å²) in [5.74, 6) is 0.226. The van der Waals surface area contributed by atoms with Gasteiger partial charge in [0.1, 0.15) is 0 Å². The Balaban J connectivity index is 1.80. The molecule has 1 aliphatic heterocycles. The SMILES string of the molecule is O=[N+]([O-])c1ncc(Br)cc1Oc1cnn(C2CCNCC2)c1. The monoisotopic (exact) mass is 367 g/mol. The maximum Gasteiger partial charge on any atom is 0.406 e. The van der Waals surface area contributed by atoms with Crippen LogP contribution >= 0.6 is 15.9 Å². The number of nitro groups is 1. The molecule has 2 aromatic rings. The molecular weight excluding hydrogens is 354 g/mol. The summed E-state index contributed by atoms with van der Waals surface area (Å²) in [4.78, 5) is 14.2. The van der Waals surface area contributed by atoms with Crippen LogP contribution in [0.3, 0.4) is 0 Å². The summed E-state index contributed by atoms with van der Waals surface area (Å²) in [6.45, 7) is 1.92. The van der Waals surface area contributed by atoms with E-state index in [1.54, 1.807) is 12.4 Å². The molecule has 0 aromatic carbocycles. The van der Waals surface area contributed by atoms with E-state index in [9.17, 15) is 10.1 Å². The molecule has 0 unspecified atom stereocenters. The van der Waals surface area contributed by atoms with Crippen LogP contribution in [0.5, 0.6) is 11.5 Å². The fraction of sp³-hybridized carbons (Fsp3) is 0.385. The third-order valence-corrected chi connectivity index (χ3v) is 3.89. The van der Waals surface area contributed by atoms with Crippen molar-refractivity contribution in [2.24, 2.45) is 0 Å². The molecule has 1 saturated heterocycles. The highest BCUT2D eigenvalue weighted by Gasteiger charge is 2.20. The highest BCUT2D eigenvalue weighted by atomic mass is 79.9. The third kappa shape index (κ3) is 3.25. The second-order valence-electron chi connectivity index (χ2n) is 4.97. The summed E-state index contributed by atoms with van der Waals surface area (Å²) in [6, 6.07) is 1.85. The van der Waals surface area contributed by atoms with Gasteiger partial charge in [0.05, 0.1) is 22.9 Å². The number of pyridine rings is 1. The van der Waals surface area contributed by atoms with Crippen LogP contribution in [-0.2, 0) is 0 Å². The predicted octanol–water partition coefficient (Wildman–Crippen LogP) is 2.67. The molecule has 8 nitrogen and oxygen atoms in total. The Morgan fingerprint density at radius 1 is 1.41 bits per heavy atom. The van der Waals surface area contributed by atoms with E-state index < -0.39 is 4.92 Å². The van der Waals surface area contributed by atoms with Crippen molar-refractivity contribution in [3.05, 3.63) is 39.2 Å². The van der Waals surface area contributed by atoms with Gasteiger partial charge >= 0.3 is 5.82 Å². The number of nitrogens with one attached hydrogen (secondary N) is 1. The van der Waals surface area contributed by atoms with Crippen LogP contribution in [0.15, 0.2) is 29.1 Å². The van der Waals surface area contributed by atoms with Crippen molar-refractivity contribution < 1.29 is 9.66 Å². The van der Waals surface area contributed by atoms with E-state index in [4.69, 9.17) is 4.74 Å². The fourth-order valence-electron chi connectivity index (χ4n) is 2.40. The zero-order valence-electron chi connectivity index (χ0n) is 11.6. The lowest BCUT2D eigenvalue weighted by Gasteiger charge is -2.22. The second kappa shape index (κ2) is 6.41. The van der Waals surface area contributed by atoms with Crippen molar-refractivity contribution >= 4 is 21.7 Å². The summed E-state index contributed by atoms with van der Waals surface area (Å²) in [7, 11) is 0. The third-order valence-electron chi connectivity index (χ3n) is 3.46. The second-order valence-corrected chi connectivity index (χ2v) is 5.89. The minimum absolute atomic E-state index is 0.0873. The first-order chi connectivity index (χ1) is 10.6. The lowest BCUT2D eigenvalue weighted by atomic mass is 10.1. The molecule has 116 valence electrons. The van der Waals surface area contributed by atoms with Crippen LogP contribution in [0.25, 0.3) is 0 Å². The molecule has 0 aliphatic carbocycles. The molecule has 3 rings (SSSR count). The van der Waals surface area contributed by atoms with Gasteiger partial charge in [0.25, 0.3) is 0 Å². The molecule has 2 aromatic heterocycles. The smallest absolute Gasteiger partial charge is 0.406 e. The Bertz CT molecular complexity index is 684. The molecule has 1 fully saturated rings. The molecule has 22 heavy (non-hydrogen) atoms. The lowest BCUT2D eigenvalue weighted by Crippen LogP contribution is -2.29. The lowest BCUT2D eigenvalue weighted by molar-refractivity contribution is -0.390. The summed E-state index contributed by atoms with van der Waals surface area (Å²) in [5.41, 5.74) is 0. The Morgan fingerprint density at radius 2 is 2.18 bits per heavy atom. The minimum Gasteiger partial charge on any atom is -0.445 e. The first-order valence-electron chi connectivity index (χ1n) is 6.86. The molecular formula is C13H14BrN5O3. The van der Waals surface area contributed by atoms with Crippen molar-refractivity contribution in [1.29, 1.82) is 0 Å². The molecule has 0 atom stereocenters. The highest BCUT2D eigenvalue weighted by molar-refractivity contribution is 9.10. The van der Waals surface area contributed by atoms with Crippen LogP contribution in [0.1, 0.15) is 18.9 Å². The number of hydrogen-bond donors (Lipinski definition) is 1. The van der Waals surface area contributed by atoms with Gasteiger partial charge in [0.15, 0.2) is 11.9 Å². The molecule has 3 heterocycles. The van der Waals surface area contributed by atoms with Gasteiger partial charge in [0, 0.05) is 6.07 Å². The zero-order valence-corrected chi connectivity index (χ0v) is 13.2. The van der Waals surface area contributed by atoms with E-state index in [2.05, 4.69) is 31.3 Å². The zero-order chi connectivity index (χ0) is 15.5. The van der Waals surface area contributed by atoms with Gasteiger partial charge in [-0.2, -0.15) is 5.10 Å². The fourth-order valence-corrected chi connectivity index (χ4v) is 2.71. The number of nitrogens with zero attached hydrogens (tertiary/aromatic N) is 4. The molecule has 0 spiro atoms. The van der Waals surface area contributed by atoms with Crippen LogP contribution in [0, 0.1) is 10.1 Å². The summed E-state index contributed by atoms with van der Waals surface area (Å²) >= 11 is 3.23. The Hall–Kier alpha value is -2.00. The number of aromatic nitrogens is 3. The molecule has 0 amide bonds. The van der Waals surface area contributed by atoms with E-state index in [1.165, 1.54) is 12.3 Å². The topological polar surface area (TPSA) is 95.1 Å². The number of hydrogen-bond acceptors (Lipinski definition) is 6. The molecule has 0 radical (unpaired) electrons. The molecule has 0 bridgehead atoms. The number of halogens is 1. The van der Waals surface area contributed by atoms with Crippen molar-refractivity contribution in [2.75, 3.05) is 13.1 Å². The summed E-state index contributed by atoms with van der Waals surface area (Å²) < 4.78 is 8.05. The highest BCUT2D eigenvalue weighted by Crippen LogP contribution is 2.32. The average Bonchev–Trinajstić information content (AvgIpc) is 2.96. The van der Waals surface area contributed by atoms with E-state index in [0.717, 1.165) is 25.9 Å². The Labute approximate surface area is 134 Å². The largest absolute Gasteiger partial charge is 0.445 e. The molecule has 9 heteroatoms. The quantitative estimate of drug-likeness (QED) is 0.659. The molecule has 1 N–H and O–H groups in total. The van der Waals surface area contributed by atoms with Gasteiger partial charge in [0.2, 0.25) is 5.75 Å². The predicted molar refractivity (Wildman–Crippen MR) is 82.0 cm³/mol. The normalized spacial score (nSPS) is 15.7. The van der Waals surface area contributed by atoms with Gasteiger partial charge in [-0.25, -0.2) is 0 Å². The Morgan fingerprint density at radius 3 is 2.91 bits per heavy atom. The standard InChI is InChI=1S/C13H14BrN5O3/c14-9-5-12(13(16-6-9)19(20)21)22-11-7-17-18(8-11)10-1-3-15-4-2-10/h5-8,10,15H,1-4H2. The minimum atomic E-state index is -0.570. The summed E-state index contributed by atoms with van der Waals surface area (Å²) in [5, 5.41) is 18.6. The van der Waals surface area contributed by atoms with Gasteiger partial charge < -0.3 is 20.2 Å². The van der Waals surface area contributed by atoms with Crippen LogP contribution in [0.2, 0.25) is 0 Å². The van der Waals surface area contributed by atoms with E-state index in [1.807, 2.05) is 4.68 Å². The number of ether oxygens (including phenoxy) is 1. The van der Waals surface area contributed by atoms with Crippen molar-refractivity contribution in [3.63, 3.8) is 0 Å². The van der Waals surface area contributed by atoms with E-state index >= 15 is 0 Å². The number of rotatable bonds is 4. The van der Waals surface area contributed by atoms with Gasteiger partial charge in [-0.3, -0.25) is 4.68 Å². The van der Waals surface area contributed by atoms with Crippen LogP contribution < -0.4 is 10.1 Å². The van der Waals surface area contributed by atoms with Gasteiger partial charge in [-0.05, 0) is 51.8 Å². The van der Waals surface area contributed by atoms with E-state index in [-0.39, 0.29) is 11.6 Å². The van der Waals surface area contributed by atoms with Crippen LogP contribution in [0.4, 0.5) is 5.82 Å². The van der Waals surface area contributed by atoms with Crippen LogP contribution in [-0.4, -0.2) is 32.8 Å². The first kappa shape index (κ1) is 14.9. The maximum atomic E-state index is 11.0.